The molecule has 5 heteroatoms. The van der Waals surface area contributed by atoms with E-state index in [0.717, 1.165) is 0 Å². The zero-order valence-electron chi connectivity index (χ0n) is 9.23. The summed E-state index contributed by atoms with van der Waals surface area (Å²) >= 11 is 0. The lowest BCUT2D eigenvalue weighted by Crippen LogP contribution is -2.04. The second kappa shape index (κ2) is 5.25. The van der Waals surface area contributed by atoms with E-state index >= 15 is 0 Å². The van der Waals surface area contributed by atoms with Crippen LogP contribution in [0.25, 0.3) is 0 Å². The minimum atomic E-state index is -0.538. The van der Waals surface area contributed by atoms with E-state index in [2.05, 4.69) is 0 Å². The van der Waals surface area contributed by atoms with Gasteiger partial charge in [0, 0.05) is 11.6 Å². The molecular formula is C11H13NO4. The average Bonchev–Trinajstić information content (AvgIpc) is 2.41. The third-order valence-electron chi connectivity index (χ3n) is 2.12. The Hall–Kier alpha value is -1.91. The van der Waals surface area contributed by atoms with Crippen LogP contribution in [0.15, 0.2) is 35.3 Å². The average molecular weight is 223 g/mol. The van der Waals surface area contributed by atoms with E-state index in [0.29, 0.717) is 18.6 Å². The molecule has 1 rings (SSSR count). The highest BCUT2D eigenvalue weighted by Gasteiger charge is 2.20. The molecule has 0 fully saturated rings. The molecule has 0 amide bonds. The number of hydrogen-bond acceptors (Lipinski definition) is 4. The van der Waals surface area contributed by atoms with Crippen molar-refractivity contribution in [2.75, 3.05) is 6.61 Å². The van der Waals surface area contributed by atoms with Crippen LogP contribution in [0.1, 0.15) is 20.3 Å². The van der Waals surface area contributed by atoms with Gasteiger partial charge >= 0.3 is 5.70 Å². The van der Waals surface area contributed by atoms with E-state index in [1.807, 2.05) is 0 Å². The lowest BCUT2D eigenvalue weighted by Gasteiger charge is -2.02. The summed E-state index contributed by atoms with van der Waals surface area (Å²) in [5.74, 6) is 0.0329. The molecule has 0 heterocycles. The van der Waals surface area contributed by atoms with E-state index in [1.54, 1.807) is 13.0 Å². The van der Waals surface area contributed by atoms with Gasteiger partial charge in [-0.05, 0) is 26.3 Å². The van der Waals surface area contributed by atoms with E-state index in [-0.39, 0.29) is 17.2 Å². The van der Waals surface area contributed by atoms with Crippen molar-refractivity contribution in [3.05, 3.63) is 45.4 Å². The maximum absolute atomic E-state index is 11.2. The first-order valence-corrected chi connectivity index (χ1v) is 4.95. The summed E-state index contributed by atoms with van der Waals surface area (Å²) in [6.45, 7) is 3.49. The topological polar surface area (TPSA) is 69.4 Å². The highest BCUT2D eigenvalue weighted by atomic mass is 16.6. The van der Waals surface area contributed by atoms with Crippen molar-refractivity contribution in [3.8, 4) is 0 Å². The van der Waals surface area contributed by atoms with Gasteiger partial charge in [0.25, 0.3) is 0 Å². The van der Waals surface area contributed by atoms with E-state index in [1.165, 1.54) is 19.1 Å². The predicted molar refractivity (Wildman–Crippen MR) is 58.2 cm³/mol. The second-order valence-corrected chi connectivity index (χ2v) is 3.27. The number of ether oxygens (including phenoxy) is 1. The van der Waals surface area contributed by atoms with Gasteiger partial charge in [0.05, 0.1) is 11.5 Å². The van der Waals surface area contributed by atoms with Crippen LogP contribution in [-0.2, 0) is 9.53 Å². The van der Waals surface area contributed by atoms with Crippen molar-refractivity contribution < 1.29 is 14.5 Å². The molecule has 0 unspecified atom stereocenters. The minimum absolute atomic E-state index is 0.165. The molecule has 0 aromatic carbocycles. The Morgan fingerprint density at radius 3 is 2.81 bits per heavy atom. The zero-order valence-corrected chi connectivity index (χ0v) is 9.23. The van der Waals surface area contributed by atoms with Gasteiger partial charge in [0.1, 0.15) is 0 Å². The number of carbonyl (C=O) groups is 1. The third-order valence-corrected chi connectivity index (χ3v) is 2.12. The molecule has 16 heavy (non-hydrogen) atoms. The zero-order chi connectivity index (χ0) is 12.1. The normalized spacial score (nSPS) is 15.5. The summed E-state index contributed by atoms with van der Waals surface area (Å²) in [4.78, 5) is 21.5. The Bertz CT molecular complexity index is 404. The molecular weight excluding hydrogens is 210 g/mol. The molecule has 0 aliphatic heterocycles. The number of Topliss-reactive ketones (excluding diaryl/α,β-unsaturated/α-hetero) is 1. The number of allylic oxidation sites excluding steroid dienone is 4. The van der Waals surface area contributed by atoms with Gasteiger partial charge in [0.15, 0.2) is 11.5 Å². The molecule has 1 aliphatic rings. The second-order valence-electron chi connectivity index (χ2n) is 3.27. The van der Waals surface area contributed by atoms with E-state index in [9.17, 15) is 14.9 Å². The van der Waals surface area contributed by atoms with Crippen molar-refractivity contribution in [1.82, 2.24) is 0 Å². The van der Waals surface area contributed by atoms with E-state index < -0.39 is 4.92 Å². The van der Waals surface area contributed by atoms with Crippen molar-refractivity contribution in [3.63, 3.8) is 0 Å². The molecule has 0 bridgehead atoms. The summed E-state index contributed by atoms with van der Waals surface area (Å²) in [7, 11) is 0. The molecule has 0 radical (unpaired) electrons. The van der Waals surface area contributed by atoms with Crippen LogP contribution in [0, 0.1) is 10.1 Å². The summed E-state index contributed by atoms with van der Waals surface area (Å²) in [5, 5.41) is 10.8. The van der Waals surface area contributed by atoms with Crippen molar-refractivity contribution in [1.29, 1.82) is 0 Å². The third kappa shape index (κ3) is 2.79. The van der Waals surface area contributed by atoms with Gasteiger partial charge in [-0.25, -0.2) is 0 Å². The molecule has 1 aliphatic carbocycles. The quantitative estimate of drug-likeness (QED) is 0.539. The SMILES string of the molecule is CCOC1=C([N+](=O)[O-])C=C(C(C)=O)CC=C1. The number of nitrogens with zero attached hydrogens (tertiary/aromatic N) is 1. The van der Waals surface area contributed by atoms with Gasteiger partial charge in [-0.1, -0.05) is 6.08 Å². The van der Waals surface area contributed by atoms with Crippen molar-refractivity contribution in [2.24, 2.45) is 0 Å². The summed E-state index contributed by atoms with van der Waals surface area (Å²) in [6.07, 6.45) is 4.90. The molecule has 0 spiro atoms. The lowest BCUT2D eigenvalue weighted by atomic mass is 10.1. The fraction of sp³-hybridized carbons (Fsp3) is 0.364. The largest absolute Gasteiger partial charge is 0.487 e. The fourth-order valence-electron chi connectivity index (χ4n) is 1.34. The highest BCUT2D eigenvalue weighted by Crippen LogP contribution is 2.19. The maximum atomic E-state index is 11.2. The van der Waals surface area contributed by atoms with E-state index in [4.69, 9.17) is 4.74 Å². The molecule has 0 aromatic rings. The van der Waals surface area contributed by atoms with Gasteiger partial charge < -0.3 is 4.74 Å². The first-order chi connectivity index (χ1) is 7.56. The molecule has 0 N–H and O–H groups in total. The monoisotopic (exact) mass is 223 g/mol. The lowest BCUT2D eigenvalue weighted by molar-refractivity contribution is -0.421. The van der Waals surface area contributed by atoms with Gasteiger partial charge in [-0.15, -0.1) is 0 Å². The molecule has 5 nitrogen and oxygen atoms in total. The Morgan fingerprint density at radius 1 is 1.62 bits per heavy atom. The van der Waals surface area contributed by atoms with Crippen LogP contribution in [0.5, 0.6) is 0 Å². The molecule has 86 valence electrons. The standard InChI is InChI=1S/C11H13NO4/c1-3-16-11-6-4-5-9(8(2)13)7-10(11)12(14)15/h4,6-7H,3,5H2,1-2H3. The van der Waals surface area contributed by atoms with Crippen LogP contribution in [-0.4, -0.2) is 17.3 Å². The van der Waals surface area contributed by atoms with Crippen LogP contribution >= 0.6 is 0 Å². The smallest absolute Gasteiger partial charge is 0.311 e. The van der Waals surface area contributed by atoms with Crippen molar-refractivity contribution in [2.45, 2.75) is 20.3 Å². The van der Waals surface area contributed by atoms with Crippen molar-refractivity contribution >= 4 is 5.78 Å². The van der Waals surface area contributed by atoms with Gasteiger partial charge in [-0.2, -0.15) is 0 Å². The Morgan fingerprint density at radius 2 is 2.31 bits per heavy atom. The van der Waals surface area contributed by atoms with Gasteiger partial charge in [-0.3, -0.25) is 14.9 Å². The summed E-state index contributed by atoms with van der Waals surface area (Å²) in [6, 6.07) is 0. The summed E-state index contributed by atoms with van der Waals surface area (Å²) < 4.78 is 5.16. The van der Waals surface area contributed by atoms with Crippen LogP contribution in [0.3, 0.4) is 0 Å². The number of carbonyl (C=O) groups excluding carboxylic acids is 1. The Balaban J connectivity index is 3.20. The number of ketones is 1. The Kier molecular flexibility index (Phi) is 3.99. The minimum Gasteiger partial charge on any atom is -0.487 e. The first kappa shape index (κ1) is 12.2. The number of rotatable bonds is 4. The Labute approximate surface area is 93.2 Å². The first-order valence-electron chi connectivity index (χ1n) is 4.95. The summed E-state index contributed by atoms with van der Waals surface area (Å²) in [5.41, 5.74) is 0.249. The fourth-order valence-corrected chi connectivity index (χ4v) is 1.34. The molecule has 0 saturated heterocycles. The molecule has 0 aromatic heterocycles. The van der Waals surface area contributed by atoms with Crippen LogP contribution in [0.2, 0.25) is 0 Å². The van der Waals surface area contributed by atoms with Gasteiger partial charge in [0.2, 0.25) is 0 Å². The molecule has 0 saturated carbocycles. The van der Waals surface area contributed by atoms with Crippen LogP contribution in [0.4, 0.5) is 0 Å². The maximum Gasteiger partial charge on any atom is 0.311 e. The van der Waals surface area contributed by atoms with Crippen LogP contribution < -0.4 is 0 Å². The predicted octanol–water partition coefficient (Wildman–Crippen LogP) is 1.99. The molecule has 0 atom stereocenters. The number of nitro groups is 1. The highest BCUT2D eigenvalue weighted by molar-refractivity contribution is 5.94. The number of hydrogen-bond donors (Lipinski definition) is 0.